The SMILES string of the molecule is CC(C)(CO)CNC(=O)C1(N)CCOC1. The molecule has 4 N–H and O–H groups in total. The van der Waals surface area contributed by atoms with Crippen molar-refractivity contribution in [1.29, 1.82) is 0 Å². The van der Waals surface area contributed by atoms with Gasteiger partial charge in [0.25, 0.3) is 0 Å². The lowest BCUT2D eigenvalue weighted by Crippen LogP contribution is -2.56. The number of carbonyl (C=O) groups excluding carboxylic acids is 1. The maximum Gasteiger partial charge on any atom is 0.242 e. The molecule has 1 fully saturated rings. The van der Waals surface area contributed by atoms with Gasteiger partial charge < -0.3 is 20.9 Å². The molecule has 1 heterocycles. The molecule has 88 valence electrons. The van der Waals surface area contributed by atoms with E-state index in [9.17, 15) is 4.79 Å². The molecule has 0 radical (unpaired) electrons. The van der Waals surface area contributed by atoms with E-state index in [0.29, 0.717) is 19.6 Å². The second kappa shape index (κ2) is 4.47. The molecular formula is C10H20N2O3. The lowest BCUT2D eigenvalue weighted by Gasteiger charge is -2.26. The summed E-state index contributed by atoms with van der Waals surface area (Å²) in [5, 5.41) is 11.8. The van der Waals surface area contributed by atoms with Crippen molar-refractivity contribution in [3.8, 4) is 0 Å². The Labute approximate surface area is 90.0 Å². The molecule has 0 aliphatic carbocycles. The molecule has 0 aromatic carbocycles. The molecule has 0 aromatic heterocycles. The Morgan fingerprint density at radius 3 is 2.80 bits per heavy atom. The molecule has 15 heavy (non-hydrogen) atoms. The highest BCUT2D eigenvalue weighted by molar-refractivity contribution is 5.86. The first-order valence-electron chi connectivity index (χ1n) is 5.15. The normalized spacial score (nSPS) is 26.7. The summed E-state index contributed by atoms with van der Waals surface area (Å²) in [4.78, 5) is 11.7. The van der Waals surface area contributed by atoms with Crippen molar-refractivity contribution < 1.29 is 14.6 Å². The summed E-state index contributed by atoms with van der Waals surface area (Å²) in [5.74, 6) is -0.193. The highest BCUT2D eigenvalue weighted by Crippen LogP contribution is 2.17. The lowest BCUT2D eigenvalue weighted by molar-refractivity contribution is -0.126. The van der Waals surface area contributed by atoms with E-state index >= 15 is 0 Å². The standard InChI is InChI=1S/C10H20N2O3/c1-9(2,6-13)5-12-8(14)10(11)3-4-15-7-10/h13H,3-7,11H2,1-2H3,(H,12,14). The highest BCUT2D eigenvalue weighted by atomic mass is 16.5. The maximum atomic E-state index is 11.7. The number of rotatable bonds is 4. The van der Waals surface area contributed by atoms with Gasteiger partial charge in [-0.3, -0.25) is 4.79 Å². The largest absolute Gasteiger partial charge is 0.396 e. The lowest BCUT2D eigenvalue weighted by atomic mass is 9.93. The molecule has 1 atom stereocenters. The van der Waals surface area contributed by atoms with Crippen LogP contribution in [0.25, 0.3) is 0 Å². The van der Waals surface area contributed by atoms with Crippen LogP contribution in [0, 0.1) is 5.41 Å². The average Bonchev–Trinajstić information content (AvgIpc) is 2.63. The predicted octanol–water partition coefficient (Wildman–Crippen LogP) is -0.761. The minimum absolute atomic E-state index is 0.0291. The quantitative estimate of drug-likeness (QED) is 0.576. The molecule has 0 spiro atoms. The second-order valence-electron chi connectivity index (χ2n) is 4.96. The summed E-state index contributed by atoms with van der Waals surface area (Å²) < 4.78 is 5.10. The summed E-state index contributed by atoms with van der Waals surface area (Å²) in [6, 6.07) is 0. The van der Waals surface area contributed by atoms with Crippen molar-refractivity contribution in [3.05, 3.63) is 0 Å². The van der Waals surface area contributed by atoms with Crippen LogP contribution in [0.1, 0.15) is 20.3 Å². The Morgan fingerprint density at radius 2 is 2.33 bits per heavy atom. The van der Waals surface area contributed by atoms with Crippen molar-refractivity contribution >= 4 is 5.91 Å². The van der Waals surface area contributed by atoms with Gasteiger partial charge in [-0.2, -0.15) is 0 Å². The number of amides is 1. The smallest absolute Gasteiger partial charge is 0.242 e. The van der Waals surface area contributed by atoms with E-state index in [0.717, 1.165) is 0 Å². The van der Waals surface area contributed by atoms with Gasteiger partial charge in [-0.1, -0.05) is 13.8 Å². The van der Waals surface area contributed by atoms with Crippen molar-refractivity contribution in [1.82, 2.24) is 5.32 Å². The minimum atomic E-state index is -0.883. The molecule has 1 saturated heterocycles. The summed E-state index contributed by atoms with van der Waals surface area (Å²) >= 11 is 0. The number of aliphatic hydroxyl groups excluding tert-OH is 1. The fourth-order valence-electron chi connectivity index (χ4n) is 1.31. The third-order valence-electron chi connectivity index (χ3n) is 2.66. The average molecular weight is 216 g/mol. The second-order valence-corrected chi connectivity index (χ2v) is 4.96. The van der Waals surface area contributed by atoms with Crippen LogP contribution in [0.2, 0.25) is 0 Å². The van der Waals surface area contributed by atoms with Crippen LogP contribution in [-0.4, -0.2) is 42.9 Å². The zero-order valence-corrected chi connectivity index (χ0v) is 9.38. The Balaban J connectivity index is 2.42. The topological polar surface area (TPSA) is 84.6 Å². The van der Waals surface area contributed by atoms with Gasteiger partial charge in [-0.25, -0.2) is 0 Å². The minimum Gasteiger partial charge on any atom is -0.396 e. The molecule has 1 rings (SSSR count). The Bertz CT molecular complexity index is 235. The molecule has 1 amide bonds. The van der Waals surface area contributed by atoms with Crippen LogP contribution in [0.3, 0.4) is 0 Å². The summed E-state index contributed by atoms with van der Waals surface area (Å²) in [6.45, 7) is 5.01. The fraction of sp³-hybridized carbons (Fsp3) is 0.900. The van der Waals surface area contributed by atoms with Crippen LogP contribution in [0.5, 0.6) is 0 Å². The third kappa shape index (κ3) is 3.15. The van der Waals surface area contributed by atoms with Crippen molar-refractivity contribution in [2.24, 2.45) is 11.1 Å². The van der Waals surface area contributed by atoms with E-state index in [1.54, 1.807) is 0 Å². The molecule has 0 aromatic rings. The molecule has 0 saturated carbocycles. The zero-order valence-electron chi connectivity index (χ0n) is 9.38. The molecule has 1 aliphatic heterocycles. The van der Waals surface area contributed by atoms with E-state index in [-0.39, 0.29) is 24.5 Å². The maximum absolute atomic E-state index is 11.7. The van der Waals surface area contributed by atoms with Crippen molar-refractivity contribution in [2.75, 3.05) is 26.4 Å². The van der Waals surface area contributed by atoms with E-state index < -0.39 is 5.54 Å². The Morgan fingerprint density at radius 1 is 1.67 bits per heavy atom. The van der Waals surface area contributed by atoms with Gasteiger partial charge in [-0.15, -0.1) is 0 Å². The highest BCUT2D eigenvalue weighted by Gasteiger charge is 2.38. The van der Waals surface area contributed by atoms with Crippen molar-refractivity contribution in [3.63, 3.8) is 0 Å². The van der Waals surface area contributed by atoms with E-state index in [4.69, 9.17) is 15.6 Å². The van der Waals surface area contributed by atoms with E-state index in [1.165, 1.54) is 0 Å². The van der Waals surface area contributed by atoms with Gasteiger partial charge >= 0.3 is 0 Å². The number of carbonyl (C=O) groups is 1. The predicted molar refractivity (Wildman–Crippen MR) is 56.2 cm³/mol. The van der Waals surface area contributed by atoms with Crippen molar-refractivity contribution in [2.45, 2.75) is 25.8 Å². The van der Waals surface area contributed by atoms with Gasteiger partial charge in [-0.05, 0) is 6.42 Å². The number of aliphatic hydroxyl groups is 1. The Kier molecular flexibility index (Phi) is 3.70. The molecule has 5 nitrogen and oxygen atoms in total. The van der Waals surface area contributed by atoms with Gasteiger partial charge in [0, 0.05) is 25.2 Å². The summed E-state index contributed by atoms with van der Waals surface area (Å²) in [7, 11) is 0. The monoisotopic (exact) mass is 216 g/mol. The molecule has 0 bridgehead atoms. The first-order chi connectivity index (χ1) is 6.90. The van der Waals surface area contributed by atoms with Crippen LogP contribution in [-0.2, 0) is 9.53 Å². The number of nitrogens with one attached hydrogen (secondary N) is 1. The summed E-state index contributed by atoms with van der Waals surface area (Å²) in [6.07, 6.45) is 0.554. The molecule has 1 aliphatic rings. The van der Waals surface area contributed by atoms with E-state index in [2.05, 4.69) is 5.32 Å². The van der Waals surface area contributed by atoms with E-state index in [1.807, 2.05) is 13.8 Å². The zero-order chi connectivity index (χ0) is 11.5. The van der Waals surface area contributed by atoms with Gasteiger partial charge in [0.1, 0.15) is 5.54 Å². The number of hydrogen-bond acceptors (Lipinski definition) is 4. The number of nitrogens with two attached hydrogens (primary N) is 1. The van der Waals surface area contributed by atoms with Crippen LogP contribution < -0.4 is 11.1 Å². The van der Waals surface area contributed by atoms with Crippen LogP contribution in [0.15, 0.2) is 0 Å². The molecule has 1 unspecified atom stereocenters. The number of ether oxygens (including phenoxy) is 1. The Hall–Kier alpha value is -0.650. The molecular weight excluding hydrogens is 196 g/mol. The fourth-order valence-corrected chi connectivity index (χ4v) is 1.31. The molecule has 5 heteroatoms. The third-order valence-corrected chi connectivity index (χ3v) is 2.66. The first kappa shape index (κ1) is 12.4. The summed E-state index contributed by atoms with van der Waals surface area (Å²) in [5.41, 5.74) is 4.68. The van der Waals surface area contributed by atoms with Crippen LogP contribution >= 0.6 is 0 Å². The number of hydrogen-bond donors (Lipinski definition) is 3. The first-order valence-corrected chi connectivity index (χ1v) is 5.15. The van der Waals surface area contributed by atoms with Gasteiger partial charge in [0.05, 0.1) is 6.61 Å². The van der Waals surface area contributed by atoms with Gasteiger partial charge in [0.2, 0.25) is 5.91 Å². The van der Waals surface area contributed by atoms with Gasteiger partial charge in [0.15, 0.2) is 0 Å². The van der Waals surface area contributed by atoms with Crippen LogP contribution in [0.4, 0.5) is 0 Å².